The normalized spacial score (nSPS) is 50.1. The average Bonchev–Trinajstić information content (AvgIpc) is 3.54. The molecule has 19 atom stereocenters. The predicted octanol–water partition coefficient (Wildman–Crippen LogP) is 4.87. The number of rotatable bonds is 9. The first-order valence-corrected chi connectivity index (χ1v) is 24.3. The van der Waals surface area contributed by atoms with Gasteiger partial charge in [0.15, 0.2) is 5.78 Å². The summed E-state index contributed by atoms with van der Waals surface area (Å²) in [6.07, 6.45) is 16.9. The van der Waals surface area contributed by atoms with Crippen molar-refractivity contribution in [3.05, 3.63) is 35.2 Å². The maximum absolute atomic E-state index is 15.5. The highest BCUT2D eigenvalue weighted by Gasteiger charge is 2.75. The molecule has 7 aliphatic carbocycles. The van der Waals surface area contributed by atoms with Gasteiger partial charge < -0.3 is 51.7 Å². The van der Waals surface area contributed by atoms with E-state index in [1.54, 1.807) is 6.92 Å². The zero-order chi connectivity index (χ0) is 42.6. The van der Waals surface area contributed by atoms with Crippen LogP contribution in [0.5, 0.6) is 0 Å². The third-order valence-electron chi connectivity index (χ3n) is 19.3. The number of hydrogen-bond donors (Lipinski definition) is 9. The summed E-state index contributed by atoms with van der Waals surface area (Å²) in [4.78, 5) is 15.5. The quantitative estimate of drug-likeness (QED) is 0.154. The third kappa shape index (κ3) is 6.34. The molecule has 2 heterocycles. The summed E-state index contributed by atoms with van der Waals surface area (Å²) in [6, 6.07) is 0. The van der Waals surface area contributed by atoms with Gasteiger partial charge in [0.1, 0.15) is 5.60 Å². The highest BCUT2D eigenvalue weighted by Crippen LogP contribution is 2.74. The number of aliphatic hydroxyl groups excluding tert-OH is 3. The van der Waals surface area contributed by atoms with E-state index >= 15 is 4.79 Å². The number of Topliss-reactive ketones (excluding diaryl/α,β-unsaturated/α-hetero) is 1. The Bertz CT molecular complexity index is 1750. The first-order chi connectivity index (χ1) is 28.5. The van der Waals surface area contributed by atoms with Crippen LogP contribution < -0.4 is 16.4 Å². The number of fused-ring (bicyclic) bond motifs is 6. The number of nitrogens with one attached hydrogen (secondary N) is 2. The summed E-state index contributed by atoms with van der Waals surface area (Å²) in [5, 5.41) is 80.9. The van der Waals surface area contributed by atoms with Crippen LogP contribution in [-0.2, 0) is 9.53 Å². The molecular weight excluding hydrogens is 759 g/mol. The van der Waals surface area contributed by atoms with E-state index in [4.69, 9.17) is 10.5 Å². The van der Waals surface area contributed by atoms with Gasteiger partial charge >= 0.3 is 0 Å². The van der Waals surface area contributed by atoms with E-state index in [1.807, 2.05) is 19.2 Å². The molecule has 6 saturated carbocycles. The molecule has 1 unspecified atom stereocenters. The number of dihydropyridines is 1. The van der Waals surface area contributed by atoms with Crippen LogP contribution in [0.2, 0.25) is 0 Å². The van der Waals surface area contributed by atoms with Crippen molar-refractivity contribution in [3.63, 3.8) is 0 Å². The molecule has 10 N–H and O–H groups in total. The average molecular weight is 836 g/mol. The van der Waals surface area contributed by atoms with Crippen LogP contribution in [0.15, 0.2) is 35.2 Å². The van der Waals surface area contributed by atoms with Crippen molar-refractivity contribution in [1.82, 2.24) is 10.6 Å². The second-order valence-electron chi connectivity index (χ2n) is 22.2. The van der Waals surface area contributed by atoms with Gasteiger partial charge in [0.25, 0.3) is 0 Å². The minimum Gasteiger partial charge on any atom is -0.392 e. The zero-order valence-electron chi connectivity index (χ0n) is 36.8. The second-order valence-corrected chi connectivity index (χ2v) is 22.2. The first-order valence-electron chi connectivity index (χ1n) is 24.3. The number of ketones is 1. The molecule has 0 aromatic rings. The van der Waals surface area contributed by atoms with Crippen molar-refractivity contribution in [1.29, 1.82) is 0 Å². The Morgan fingerprint density at radius 2 is 1.77 bits per heavy atom. The Morgan fingerprint density at radius 3 is 2.50 bits per heavy atom. The summed E-state index contributed by atoms with van der Waals surface area (Å²) in [6.45, 7) is 7.98. The van der Waals surface area contributed by atoms with Gasteiger partial charge in [0.2, 0.25) is 0 Å². The first kappa shape index (κ1) is 43.4. The van der Waals surface area contributed by atoms with Gasteiger partial charge in [0, 0.05) is 24.1 Å². The van der Waals surface area contributed by atoms with Crippen LogP contribution in [-0.4, -0.2) is 96.5 Å². The summed E-state index contributed by atoms with van der Waals surface area (Å²) in [5.41, 5.74) is 1.92. The monoisotopic (exact) mass is 836 g/mol. The number of nitrogens with two attached hydrogens (primary N) is 1. The van der Waals surface area contributed by atoms with Gasteiger partial charge in [-0.3, -0.25) is 4.79 Å². The standard InChI is InChI=1S/C49H77N3O8/c1-5-8-28-10-14-31-32-9-6-7-20-49(59,44(32)60-36(31)16-11-28)46(4,57)37-19-22-48(58)40-34(18-21-45(37,48)3)47-24-35(54)42(55)33(39(47)43(56)41(40)52-25-27(2)53)15-13-30(47)23-29-12-17-38(50)51-26-29/h12,17,26-28,30-39,42,44,51-55,57-59H,5-11,13-16,18-25,50H2,1-4H3/t27-,28-,30+,31-,32-,33+,34-,35-,36+,37-,38?,39-,42+,44+,45+,46+,47-,48+,49+/m0/s1. The van der Waals surface area contributed by atoms with E-state index < -0.39 is 69.8 Å². The van der Waals surface area contributed by atoms with Crippen LogP contribution in [0.25, 0.3) is 0 Å². The van der Waals surface area contributed by atoms with E-state index in [1.165, 1.54) is 19.3 Å². The number of allylic oxidation sites excluding steroid dienone is 3. The summed E-state index contributed by atoms with van der Waals surface area (Å²) in [5.74, 6) is -0.668. The molecular formula is C49H77N3O8. The largest absolute Gasteiger partial charge is 0.392 e. The van der Waals surface area contributed by atoms with Gasteiger partial charge in [-0.05, 0) is 161 Å². The van der Waals surface area contributed by atoms with Crippen LogP contribution >= 0.6 is 0 Å². The van der Waals surface area contributed by atoms with Crippen LogP contribution in [0, 0.1) is 58.2 Å². The number of ether oxygens (including phenoxy) is 1. The Morgan fingerprint density at radius 1 is 1.00 bits per heavy atom. The van der Waals surface area contributed by atoms with E-state index in [-0.39, 0.29) is 48.8 Å². The Kier molecular flexibility index (Phi) is 11.4. The zero-order valence-corrected chi connectivity index (χ0v) is 36.8. The number of aliphatic hydroxyl groups is 6. The lowest BCUT2D eigenvalue weighted by Gasteiger charge is -2.67. The minimum atomic E-state index is -1.61. The van der Waals surface area contributed by atoms with Crippen molar-refractivity contribution >= 4 is 5.78 Å². The summed E-state index contributed by atoms with van der Waals surface area (Å²) in [7, 11) is 0. The molecule has 7 fully saturated rings. The maximum atomic E-state index is 15.5. The molecule has 2 bridgehead atoms. The second kappa shape index (κ2) is 15.7. The van der Waals surface area contributed by atoms with Crippen molar-refractivity contribution in [2.45, 2.75) is 197 Å². The van der Waals surface area contributed by atoms with Gasteiger partial charge in [-0.25, -0.2) is 0 Å². The molecule has 60 heavy (non-hydrogen) atoms. The Balaban J connectivity index is 1.11. The Labute approximate surface area is 358 Å². The van der Waals surface area contributed by atoms with Gasteiger partial charge in [-0.2, -0.15) is 0 Å². The fourth-order valence-corrected chi connectivity index (χ4v) is 16.6. The van der Waals surface area contributed by atoms with E-state index in [2.05, 4.69) is 30.6 Å². The lowest BCUT2D eigenvalue weighted by molar-refractivity contribution is -0.254. The lowest BCUT2D eigenvalue weighted by atomic mass is 9.37. The van der Waals surface area contributed by atoms with Crippen molar-refractivity contribution in [2.24, 2.45) is 63.9 Å². The number of hydrogen-bond acceptors (Lipinski definition) is 11. The molecule has 2 aliphatic heterocycles. The molecule has 11 heteroatoms. The van der Waals surface area contributed by atoms with Crippen molar-refractivity contribution in [3.8, 4) is 0 Å². The van der Waals surface area contributed by atoms with E-state index in [9.17, 15) is 30.6 Å². The predicted molar refractivity (Wildman–Crippen MR) is 228 cm³/mol. The molecule has 0 radical (unpaired) electrons. The van der Waals surface area contributed by atoms with Crippen LogP contribution in [0.3, 0.4) is 0 Å². The fourth-order valence-electron chi connectivity index (χ4n) is 16.6. The van der Waals surface area contributed by atoms with Crippen molar-refractivity contribution < 1.29 is 40.2 Å². The molecule has 0 spiro atoms. The molecule has 0 aromatic carbocycles. The van der Waals surface area contributed by atoms with Crippen LogP contribution in [0.4, 0.5) is 0 Å². The van der Waals surface area contributed by atoms with Gasteiger partial charge in [-0.15, -0.1) is 0 Å². The molecule has 0 aromatic heterocycles. The molecule has 0 amide bonds. The number of carbonyl (C=O) groups is 1. The highest BCUT2D eigenvalue weighted by molar-refractivity contribution is 6.00. The SMILES string of the molecule is CCC[C@H]1CC[C@H]2[C@@H]3CCCC[C@](O)([C@](C)(O)[C@H]4CC[C@@]5(O)C6=C(NC[C@H](C)O)C(=O)[C@@H]7[C@H]8CC[C@H](CC9=CNC(N)C=C9)[C@@]7(C[C@H](O)[C@@H]8O)[C@H]6CC[C@]45C)[C@@H]3O[C@@H]2CC1. The summed E-state index contributed by atoms with van der Waals surface area (Å²) < 4.78 is 7.06. The Hall–Kier alpha value is -1.83. The fraction of sp³-hybridized carbons (Fsp3) is 0.857. The van der Waals surface area contributed by atoms with Crippen molar-refractivity contribution in [2.75, 3.05) is 6.54 Å². The molecule has 9 rings (SSSR count). The topological polar surface area (TPSA) is 198 Å². The lowest BCUT2D eigenvalue weighted by Crippen LogP contribution is -2.71. The smallest absolute Gasteiger partial charge is 0.182 e. The van der Waals surface area contributed by atoms with Gasteiger partial charge in [-0.1, -0.05) is 52.0 Å². The molecule has 336 valence electrons. The maximum Gasteiger partial charge on any atom is 0.182 e. The molecule has 1 saturated heterocycles. The van der Waals surface area contributed by atoms with E-state index in [0.717, 1.165) is 56.4 Å². The molecule has 11 nitrogen and oxygen atoms in total. The third-order valence-corrected chi connectivity index (χ3v) is 19.3. The highest BCUT2D eigenvalue weighted by atomic mass is 16.5. The van der Waals surface area contributed by atoms with Crippen LogP contribution in [0.1, 0.15) is 143 Å². The molecule has 9 aliphatic rings. The summed E-state index contributed by atoms with van der Waals surface area (Å²) >= 11 is 0. The van der Waals surface area contributed by atoms with E-state index in [0.29, 0.717) is 62.1 Å². The minimum absolute atomic E-state index is 0.0170. The number of carbonyl (C=O) groups excluding carboxylic acids is 1. The van der Waals surface area contributed by atoms with Gasteiger partial charge in [0.05, 0.1) is 53.6 Å².